The van der Waals surface area contributed by atoms with Crippen LogP contribution in [0.1, 0.15) is 25.6 Å². The molecule has 100 valence electrons. The van der Waals surface area contributed by atoms with Gasteiger partial charge in [-0.1, -0.05) is 0 Å². The second-order valence-corrected chi connectivity index (χ2v) is 5.17. The van der Waals surface area contributed by atoms with E-state index in [4.69, 9.17) is 9.88 Å². The summed E-state index contributed by atoms with van der Waals surface area (Å²) >= 11 is 0. The van der Waals surface area contributed by atoms with Crippen LogP contribution in [0.25, 0.3) is 0 Å². The molecule has 2 N–H and O–H groups in total. The van der Waals surface area contributed by atoms with Gasteiger partial charge in [0.15, 0.2) is 6.10 Å². The quantitative estimate of drug-likeness (QED) is 0.816. The molecular formula is C10H13FN2O4S. The Morgan fingerprint density at radius 2 is 2.17 bits per heavy atom. The zero-order valence-electron chi connectivity index (χ0n) is 9.83. The van der Waals surface area contributed by atoms with E-state index >= 15 is 0 Å². The maximum atomic E-state index is 13.4. The first-order chi connectivity index (χ1) is 8.23. The summed E-state index contributed by atoms with van der Waals surface area (Å²) in [5, 5.41) is 5.00. The Morgan fingerprint density at radius 1 is 1.56 bits per heavy atom. The van der Waals surface area contributed by atoms with E-state index in [1.54, 1.807) is 0 Å². The minimum atomic E-state index is -4.07. The highest BCUT2D eigenvalue weighted by Crippen LogP contribution is 2.26. The maximum absolute atomic E-state index is 13.4. The van der Waals surface area contributed by atoms with Gasteiger partial charge in [-0.05, 0) is 19.1 Å². The van der Waals surface area contributed by atoms with E-state index < -0.39 is 28.3 Å². The van der Waals surface area contributed by atoms with Crippen LogP contribution in [0.3, 0.4) is 0 Å². The average molecular weight is 276 g/mol. The Balaban J connectivity index is 3.33. The molecule has 1 rings (SSSR count). The number of carbonyl (C=O) groups is 1. The molecule has 8 heteroatoms. The largest absolute Gasteiger partial charge is 0.453 e. The zero-order chi connectivity index (χ0) is 13.9. The van der Waals surface area contributed by atoms with Gasteiger partial charge in [0, 0.05) is 13.1 Å². The molecule has 0 aliphatic carbocycles. The van der Waals surface area contributed by atoms with Crippen LogP contribution in [0.15, 0.2) is 23.2 Å². The summed E-state index contributed by atoms with van der Waals surface area (Å²) < 4.78 is 40.8. The lowest BCUT2D eigenvalue weighted by molar-refractivity contribution is -0.150. The number of nitrogens with two attached hydrogens (primary N) is 1. The van der Waals surface area contributed by atoms with Gasteiger partial charge in [-0.15, -0.1) is 0 Å². The molecule has 0 aliphatic heterocycles. The van der Waals surface area contributed by atoms with E-state index in [1.807, 2.05) is 0 Å². The first-order valence-corrected chi connectivity index (χ1v) is 6.57. The monoisotopic (exact) mass is 276 g/mol. The molecule has 1 heterocycles. The number of nitrogens with zero attached hydrogens (tertiary/aromatic N) is 1. The molecule has 18 heavy (non-hydrogen) atoms. The van der Waals surface area contributed by atoms with Gasteiger partial charge in [0.1, 0.15) is 16.8 Å². The highest BCUT2D eigenvalue weighted by molar-refractivity contribution is 7.89. The molecule has 0 radical (unpaired) electrons. The van der Waals surface area contributed by atoms with Crippen molar-refractivity contribution < 1.29 is 22.3 Å². The number of alkyl halides is 1. The number of aromatic nitrogens is 1. The molecule has 1 aromatic heterocycles. The maximum Gasteiger partial charge on any atom is 0.303 e. The van der Waals surface area contributed by atoms with Crippen LogP contribution in [-0.2, 0) is 19.6 Å². The van der Waals surface area contributed by atoms with Crippen LogP contribution in [0.2, 0.25) is 0 Å². The first-order valence-electron chi connectivity index (χ1n) is 5.02. The lowest BCUT2D eigenvalue weighted by atomic mass is 10.1. The predicted molar refractivity (Wildman–Crippen MR) is 60.7 cm³/mol. The fraction of sp³-hybridized carbons (Fsp3) is 0.400. The van der Waals surface area contributed by atoms with Gasteiger partial charge < -0.3 is 4.74 Å². The van der Waals surface area contributed by atoms with Crippen molar-refractivity contribution in [3.8, 4) is 0 Å². The summed E-state index contributed by atoms with van der Waals surface area (Å²) in [6.07, 6.45) is -1.76. The molecule has 0 fully saturated rings. The lowest BCUT2D eigenvalue weighted by Crippen LogP contribution is -2.23. The second-order valence-electron chi connectivity index (χ2n) is 3.64. The van der Waals surface area contributed by atoms with Gasteiger partial charge in [0.25, 0.3) is 0 Å². The minimum Gasteiger partial charge on any atom is -0.453 e. The molecule has 6 nitrogen and oxygen atoms in total. The summed E-state index contributed by atoms with van der Waals surface area (Å²) in [6, 6.07) is 2.52. The molecular weight excluding hydrogens is 263 g/mol. The van der Waals surface area contributed by atoms with E-state index in [2.05, 4.69) is 4.98 Å². The van der Waals surface area contributed by atoms with E-state index in [1.165, 1.54) is 18.3 Å². The zero-order valence-corrected chi connectivity index (χ0v) is 10.6. The van der Waals surface area contributed by atoms with E-state index in [9.17, 15) is 17.6 Å². The molecule has 0 aromatic carbocycles. The minimum absolute atomic E-state index is 0.217. The number of sulfonamides is 1. The average Bonchev–Trinajstić information content (AvgIpc) is 2.24. The number of hydrogen-bond donors (Lipinski definition) is 1. The summed E-state index contributed by atoms with van der Waals surface area (Å²) in [5.74, 6) is -0.740. The van der Waals surface area contributed by atoms with Gasteiger partial charge in [0.2, 0.25) is 10.0 Å². The van der Waals surface area contributed by atoms with Crippen LogP contribution >= 0.6 is 0 Å². The Hall–Kier alpha value is -1.54. The Morgan fingerprint density at radius 3 is 2.61 bits per heavy atom. The number of primary sulfonamides is 1. The molecule has 2 atom stereocenters. The third-order valence-corrected chi connectivity index (χ3v) is 3.04. The van der Waals surface area contributed by atoms with Gasteiger partial charge in [-0.3, -0.25) is 9.78 Å². The topological polar surface area (TPSA) is 99.3 Å². The molecule has 0 saturated carbocycles. The van der Waals surface area contributed by atoms with Crippen LogP contribution < -0.4 is 5.14 Å². The van der Waals surface area contributed by atoms with Gasteiger partial charge in [-0.25, -0.2) is 17.9 Å². The molecule has 0 bridgehead atoms. The fourth-order valence-electron chi connectivity index (χ4n) is 1.40. The number of hydrogen-bond acceptors (Lipinski definition) is 5. The number of ether oxygens (including phenoxy) is 1. The fourth-order valence-corrected chi connectivity index (χ4v) is 2.13. The SMILES string of the molecule is CC(=O)OC(c1ncccc1S(N)(=O)=O)C(C)F. The summed E-state index contributed by atoms with van der Waals surface area (Å²) in [5.41, 5.74) is -0.217. The smallest absolute Gasteiger partial charge is 0.303 e. The van der Waals surface area contributed by atoms with Crippen LogP contribution in [0, 0.1) is 0 Å². The van der Waals surface area contributed by atoms with Crippen molar-refractivity contribution in [2.75, 3.05) is 0 Å². The molecule has 1 aromatic rings. The second kappa shape index (κ2) is 5.40. The van der Waals surface area contributed by atoms with E-state index in [0.717, 1.165) is 13.8 Å². The number of halogens is 1. The van der Waals surface area contributed by atoms with Crippen molar-refractivity contribution in [2.45, 2.75) is 31.0 Å². The molecule has 0 amide bonds. The number of esters is 1. The van der Waals surface area contributed by atoms with Crippen molar-refractivity contribution >= 4 is 16.0 Å². The van der Waals surface area contributed by atoms with E-state index in [-0.39, 0.29) is 10.6 Å². The number of carbonyl (C=O) groups excluding carboxylic acids is 1. The van der Waals surface area contributed by atoms with Crippen molar-refractivity contribution in [3.63, 3.8) is 0 Å². The number of pyridine rings is 1. The van der Waals surface area contributed by atoms with Crippen molar-refractivity contribution in [1.82, 2.24) is 4.98 Å². The van der Waals surface area contributed by atoms with Crippen molar-refractivity contribution in [2.24, 2.45) is 5.14 Å². The molecule has 0 spiro atoms. The Labute approximate surface area is 104 Å². The first kappa shape index (κ1) is 14.5. The molecule has 0 aliphatic rings. The Kier molecular flexibility index (Phi) is 4.36. The van der Waals surface area contributed by atoms with Crippen LogP contribution in [0.5, 0.6) is 0 Å². The summed E-state index contributed by atoms with van der Waals surface area (Å²) in [6.45, 7) is 2.23. The third-order valence-electron chi connectivity index (χ3n) is 2.09. The van der Waals surface area contributed by atoms with Crippen LogP contribution in [-0.4, -0.2) is 25.5 Å². The number of rotatable bonds is 4. The van der Waals surface area contributed by atoms with Crippen molar-refractivity contribution in [3.05, 3.63) is 24.0 Å². The molecule has 0 saturated heterocycles. The van der Waals surface area contributed by atoms with E-state index in [0.29, 0.717) is 0 Å². The Bertz CT molecular complexity index is 545. The lowest BCUT2D eigenvalue weighted by Gasteiger charge is -2.19. The van der Waals surface area contributed by atoms with Gasteiger partial charge in [0.05, 0.1) is 0 Å². The van der Waals surface area contributed by atoms with Crippen molar-refractivity contribution in [1.29, 1.82) is 0 Å². The van der Waals surface area contributed by atoms with Gasteiger partial charge >= 0.3 is 5.97 Å². The standard InChI is InChI=1S/C10H13FN2O4S/c1-6(11)10(17-7(2)14)9-8(18(12,15)16)4-3-5-13-9/h3-6,10H,1-2H3,(H2,12,15,16). The summed E-state index contributed by atoms with van der Waals surface area (Å²) in [4.78, 5) is 14.3. The normalized spacial score (nSPS) is 14.9. The molecule has 2 unspecified atom stereocenters. The predicted octanol–water partition coefficient (Wildman–Crippen LogP) is 0.691. The van der Waals surface area contributed by atoms with Gasteiger partial charge in [-0.2, -0.15) is 0 Å². The highest BCUT2D eigenvalue weighted by Gasteiger charge is 2.29. The summed E-state index contributed by atoms with van der Waals surface area (Å²) in [7, 11) is -4.07. The van der Waals surface area contributed by atoms with Crippen LogP contribution in [0.4, 0.5) is 4.39 Å². The highest BCUT2D eigenvalue weighted by atomic mass is 32.2. The third kappa shape index (κ3) is 3.47.